The minimum atomic E-state index is 0.637. The number of nitrogens with zero attached hydrogens (tertiary/aromatic N) is 1. The Balaban J connectivity index is 1.85. The Hall–Kier alpha value is -0.0800. The zero-order chi connectivity index (χ0) is 11.1. The zero-order valence-electron chi connectivity index (χ0n) is 10.8. The molecule has 90 valence electrons. The Morgan fingerprint density at radius 3 is 2.53 bits per heavy atom. The molecule has 0 aromatic heterocycles. The summed E-state index contributed by atoms with van der Waals surface area (Å²) in [6.07, 6.45) is 7.06. The van der Waals surface area contributed by atoms with Crippen LogP contribution in [0.15, 0.2) is 0 Å². The zero-order valence-corrected chi connectivity index (χ0v) is 10.8. The molecular weight excluding hydrogens is 184 g/mol. The lowest BCUT2D eigenvalue weighted by molar-refractivity contribution is 0.203. The normalized spacial score (nSPS) is 17.4. The molecule has 0 saturated heterocycles. The van der Waals surface area contributed by atoms with Gasteiger partial charge in [0.05, 0.1) is 0 Å². The average molecular weight is 212 g/mol. The molecule has 15 heavy (non-hydrogen) atoms. The summed E-state index contributed by atoms with van der Waals surface area (Å²) < 4.78 is 0. The molecule has 0 aromatic rings. The third-order valence-electron chi connectivity index (χ3n) is 3.31. The molecule has 0 aliphatic heterocycles. The highest BCUT2D eigenvalue weighted by Crippen LogP contribution is 2.26. The smallest absolute Gasteiger partial charge is 0.00103 e. The van der Waals surface area contributed by atoms with Gasteiger partial charge >= 0.3 is 0 Å². The molecule has 1 aliphatic carbocycles. The van der Waals surface area contributed by atoms with Crippen molar-refractivity contribution in [1.82, 2.24) is 10.2 Å². The first-order valence-electron chi connectivity index (χ1n) is 6.60. The van der Waals surface area contributed by atoms with Gasteiger partial charge in [0.25, 0.3) is 0 Å². The van der Waals surface area contributed by atoms with E-state index in [0.29, 0.717) is 6.04 Å². The lowest BCUT2D eigenvalue weighted by Gasteiger charge is -2.30. The summed E-state index contributed by atoms with van der Waals surface area (Å²) in [7, 11) is 2.27. The van der Waals surface area contributed by atoms with Crippen molar-refractivity contribution in [2.75, 3.05) is 26.7 Å². The van der Waals surface area contributed by atoms with Crippen molar-refractivity contribution in [2.24, 2.45) is 5.92 Å². The third-order valence-corrected chi connectivity index (χ3v) is 3.31. The number of hydrogen-bond acceptors (Lipinski definition) is 2. The van der Waals surface area contributed by atoms with Gasteiger partial charge in [0, 0.05) is 12.6 Å². The Labute approximate surface area is 95.4 Å². The summed E-state index contributed by atoms with van der Waals surface area (Å²) in [5.41, 5.74) is 0. The van der Waals surface area contributed by atoms with Crippen molar-refractivity contribution >= 4 is 0 Å². The van der Waals surface area contributed by atoms with Crippen molar-refractivity contribution in [3.63, 3.8) is 0 Å². The predicted octanol–water partition coefficient (Wildman–Crippen LogP) is 2.50. The fourth-order valence-corrected chi connectivity index (χ4v) is 2.10. The van der Waals surface area contributed by atoms with E-state index in [1.807, 2.05) is 0 Å². The number of hydrogen-bond donors (Lipinski definition) is 1. The maximum absolute atomic E-state index is 3.46. The standard InChI is InChI=1S/C13H28N2/c1-12(2)14-9-4-5-10-15(3)11-13-7-6-8-13/h12-14H,4-11H2,1-3H3. The first-order valence-corrected chi connectivity index (χ1v) is 6.60. The van der Waals surface area contributed by atoms with Crippen molar-refractivity contribution in [3.05, 3.63) is 0 Å². The number of unbranched alkanes of at least 4 members (excludes halogenated alkanes) is 1. The summed E-state index contributed by atoms with van der Waals surface area (Å²) in [4.78, 5) is 2.51. The van der Waals surface area contributed by atoms with Crippen LogP contribution in [0, 0.1) is 5.92 Å². The van der Waals surface area contributed by atoms with Gasteiger partial charge in [0.2, 0.25) is 0 Å². The first kappa shape index (κ1) is 13.0. The molecule has 0 aromatic carbocycles. The summed E-state index contributed by atoms with van der Waals surface area (Å²) in [5, 5.41) is 3.46. The second-order valence-electron chi connectivity index (χ2n) is 5.38. The molecule has 1 aliphatic rings. The van der Waals surface area contributed by atoms with Crippen LogP contribution in [-0.2, 0) is 0 Å². The monoisotopic (exact) mass is 212 g/mol. The molecule has 1 saturated carbocycles. The minimum Gasteiger partial charge on any atom is -0.315 e. The summed E-state index contributed by atoms with van der Waals surface area (Å²) >= 11 is 0. The van der Waals surface area contributed by atoms with Gasteiger partial charge in [0.15, 0.2) is 0 Å². The van der Waals surface area contributed by atoms with Crippen molar-refractivity contribution < 1.29 is 0 Å². The highest BCUT2D eigenvalue weighted by molar-refractivity contribution is 4.72. The van der Waals surface area contributed by atoms with Gasteiger partial charge in [-0.1, -0.05) is 20.3 Å². The largest absolute Gasteiger partial charge is 0.315 e. The van der Waals surface area contributed by atoms with Crippen LogP contribution in [0.2, 0.25) is 0 Å². The van der Waals surface area contributed by atoms with E-state index in [2.05, 4.69) is 31.1 Å². The first-order chi connectivity index (χ1) is 7.18. The molecule has 2 heteroatoms. The molecule has 2 nitrogen and oxygen atoms in total. The van der Waals surface area contributed by atoms with E-state index >= 15 is 0 Å². The predicted molar refractivity (Wildman–Crippen MR) is 67.2 cm³/mol. The van der Waals surface area contributed by atoms with Crippen molar-refractivity contribution in [3.8, 4) is 0 Å². The molecule has 0 atom stereocenters. The lowest BCUT2D eigenvalue weighted by Crippen LogP contribution is -2.30. The molecule has 1 N–H and O–H groups in total. The Morgan fingerprint density at radius 2 is 2.00 bits per heavy atom. The van der Waals surface area contributed by atoms with Crippen LogP contribution < -0.4 is 5.32 Å². The minimum absolute atomic E-state index is 0.637. The Morgan fingerprint density at radius 1 is 1.27 bits per heavy atom. The van der Waals surface area contributed by atoms with E-state index in [-0.39, 0.29) is 0 Å². The van der Waals surface area contributed by atoms with Crippen LogP contribution in [-0.4, -0.2) is 37.6 Å². The van der Waals surface area contributed by atoms with Crippen LogP contribution in [0.4, 0.5) is 0 Å². The average Bonchev–Trinajstić information content (AvgIpc) is 2.10. The number of rotatable bonds is 8. The van der Waals surface area contributed by atoms with Crippen LogP contribution in [0.3, 0.4) is 0 Å². The van der Waals surface area contributed by atoms with Crippen LogP contribution in [0.25, 0.3) is 0 Å². The molecule has 0 spiro atoms. The van der Waals surface area contributed by atoms with Gasteiger partial charge in [-0.05, 0) is 51.7 Å². The molecule has 0 unspecified atom stereocenters. The second-order valence-corrected chi connectivity index (χ2v) is 5.38. The third kappa shape index (κ3) is 6.16. The molecule has 0 radical (unpaired) electrons. The molecule has 0 amide bonds. The maximum Gasteiger partial charge on any atom is 0.00103 e. The Bertz CT molecular complexity index is 153. The highest BCUT2D eigenvalue weighted by atomic mass is 15.1. The molecule has 0 heterocycles. The molecule has 1 fully saturated rings. The van der Waals surface area contributed by atoms with Gasteiger partial charge in [-0.15, -0.1) is 0 Å². The highest BCUT2D eigenvalue weighted by Gasteiger charge is 2.18. The van der Waals surface area contributed by atoms with E-state index in [0.717, 1.165) is 5.92 Å². The van der Waals surface area contributed by atoms with Crippen molar-refractivity contribution in [2.45, 2.75) is 52.0 Å². The van der Waals surface area contributed by atoms with Gasteiger partial charge in [-0.2, -0.15) is 0 Å². The van der Waals surface area contributed by atoms with Crippen molar-refractivity contribution in [1.29, 1.82) is 0 Å². The van der Waals surface area contributed by atoms with Gasteiger partial charge in [-0.3, -0.25) is 0 Å². The SMILES string of the molecule is CC(C)NCCCCN(C)CC1CCC1. The lowest BCUT2D eigenvalue weighted by atomic mass is 9.85. The maximum atomic E-state index is 3.46. The second kappa shape index (κ2) is 7.24. The molecular formula is C13H28N2. The van der Waals surface area contributed by atoms with Crippen LogP contribution in [0.5, 0.6) is 0 Å². The van der Waals surface area contributed by atoms with Crippen LogP contribution in [0.1, 0.15) is 46.0 Å². The molecule has 1 rings (SSSR count). The summed E-state index contributed by atoms with van der Waals surface area (Å²) in [6, 6.07) is 0.637. The van der Waals surface area contributed by atoms with E-state index in [9.17, 15) is 0 Å². The topological polar surface area (TPSA) is 15.3 Å². The van der Waals surface area contributed by atoms with Gasteiger partial charge in [0.1, 0.15) is 0 Å². The quantitative estimate of drug-likeness (QED) is 0.622. The summed E-state index contributed by atoms with van der Waals surface area (Å²) in [5.74, 6) is 1.02. The molecule has 0 bridgehead atoms. The van der Waals surface area contributed by atoms with Crippen LogP contribution >= 0.6 is 0 Å². The fraction of sp³-hybridized carbons (Fsp3) is 1.00. The van der Waals surface area contributed by atoms with E-state index < -0.39 is 0 Å². The Kier molecular flexibility index (Phi) is 6.26. The van der Waals surface area contributed by atoms with E-state index in [1.165, 1.54) is 51.7 Å². The summed E-state index contributed by atoms with van der Waals surface area (Å²) in [6.45, 7) is 8.20. The van der Waals surface area contributed by atoms with Gasteiger partial charge in [-0.25, -0.2) is 0 Å². The van der Waals surface area contributed by atoms with E-state index in [1.54, 1.807) is 0 Å². The fourth-order valence-electron chi connectivity index (χ4n) is 2.10. The number of nitrogens with one attached hydrogen (secondary N) is 1. The van der Waals surface area contributed by atoms with Gasteiger partial charge < -0.3 is 10.2 Å². The van der Waals surface area contributed by atoms with E-state index in [4.69, 9.17) is 0 Å².